The Balaban J connectivity index is 1.53. The Labute approximate surface area is 193 Å². The summed E-state index contributed by atoms with van der Waals surface area (Å²) in [6.07, 6.45) is 7.30. The number of hydrogen-bond donors (Lipinski definition) is 2. The van der Waals surface area contributed by atoms with Gasteiger partial charge in [0.1, 0.15) is 0 Å². The van der Waals surface area contributed by atoms with Crippen molar-refractivity contribution in [3.63, 3.8) is 0 Å². The number of rotatable bonds is 11. The molecule has 0 saturated heterocycles. The highest BCUT2D eigenvalue weighted by Crippen LogP contribution is 2.41. The Kier molecular flexibility index (Phi) is 9.48. The van der Waals surface area contributed by atoms with Gasteiger partial charge in [0, 0.05) is 53.0 Å². The first kappa shape index (κ1) is 24.6. The van der Waals surface area contributed by atoms with Crippen LogP contribution in [0.2, 0.25) is 0 Å². The first-order chi connectivity index (χ1) is 15.6. The van der Waals surface area contributed by atoms with Gasteiger partial charge in [0.2, 0.25) is 0 Å². The zero-order chi connectivity index (χ0) is 22.8. The van der Waals surface area contributed by atoms with E-state index in [1.54, 1.807) is 21.3 Å². The highest BCUT2D eigenvalue weighted by Gasteiger charge is 2.33. The van der Waals surface area contributed by atoms with E-state index < -0.39 is 0 Å². The van der Waals surface area contributed by atoms with Crippen molar-refractivity contribution in [2.75, 3.05) is 60.7 Å². The van der Waals surface area contributed by atoms with Crippen LogP contribution in [-0.2, 0) is 17.7 Å². The molecule has 1 aliphatic carbocycles. The predicted octanol–water partition coefficient (Wildman–Crippen LogP) is 3.21. The minimum Gasteiger partial charge on any atom is -0.493 e. The van der Waals surface area contributed by atoms with E-state index in [0.717, 1.165) is 76.2 Å². The van der Waals surface area contributed by atoms with Crippen molar-refractivity contribution in [2.24, 2.45) is 10.4 Å². The predicted molar refractivity (Wildman–Crippen MR) is 130 cm³/mol. The standard InChI is InChI=1S/C25H42N4O3/c1-5-26-24(28-19-25(11-15-30-2)9-6-7-10-25)27-12-14-29-13-8-20-16-22(31-3)23(32-4)17-21(20)18-29/h16-17H,5-15,18-19H2,1-4H3,(H2,26,27,28). The number of nitrogens with one attached hydrogen (secondary N) is 2. The van der Waals surface area contributed by atoms with E-state index in [4.69, 9.17) is 19.2 Å². The molecule has 0 amide bonds. The maximum Gasteiger partial charge on any atom is 0.191 e. The van der Waals surface area contributed by atoms with Gasteiger partial charge in [-0.25, -0.2) is 0 Å². The number of ether oxygens (including phenoxy) is 3. The van der Waals surface area contributed by atoms with E-state index in [1.807, 2.05) is 0 Å². The topological polar surface area (TPSA) is 67.4 Å². The number of fused-ring (bicyclic) bond motifs is 1. The molecule has 0 atom stereocenters. The molecule has 1 aromatic rings. The maximum absolute atomic E-state index is 5.49. The molecule has 0 unspecified atom stereocenters. The van der Waals surface area contributed by atoms with Crippen LogP contribution in [0, 0.1) is 5.41 Å². The van der Waals surface area contributed by atoms with Crippen LogP contribution in [0.15, 0.2) is 17.1 Å². The Morgan fingerprint density at radius 1 is 1.06 bits per heavy atom. The average Bonchev–Trinajstić information content (AvgIpc) is 3.29. The van der Waals surface area contributed by atoms with Crippen molar-refractivity contribution in [1.29, 1.82) is 0 Å². The van der Waals surface area contributed by atoms with Gasteiger partial charge in [-0.1, -0.05) is 12.8 Å². The molecule has 1 saturated carbocycles. The molecule has 1 heterocycles. The fraction of sp³-hybridized carbons (Fsp3) is 0.720. The minimum atomic E-state index is 0.315. The SMILES string of the molecule is CCNC(=NCC1(CCOC)CCCC1)NCCN1CCc2cc(OC)c(OC)cc2C1. The number of aliphatic imine (C=N–C) groups is 1. The summed E-state index contributed by atoms with van der Waals surface area (Å²) in [5, 5.41) is 6.97. The van der Waals surface area contributed by atoms with Crippen LogP contribution in [0.4, 0.5) is 0 Å². The second-order valence-electron chi connectivity index (χ2n) is 9.07. The van der Waals surface area contributed by atoms with Gasteiger partial charge in [-0.3, -0.25) is 9.89 Å². The van der Waals surface area contributed by atoms with Gasteiger partial charge in [0.15, 0.2) is 17.5 Å². The van der Waals surface area contributed by atoms with E-state index in [-0.39, 0.29) is 0 Å². The summed E-state index contributed by atoms with van der Waals surface area (Å²) >= 11 is 0. The zero-order valence-electron chi connectivity index (χ0n) is 20.5. The van der Waals surface area contributed by atoms with Crippen molar-refractivity contribution in [3.05, 3.63) is 23.3 Å². The van der Waals surface area contributed by atoms with Gasteiger partial charge in [-0.15, -0.1) is 0 Å². The van der Waals surface area contributed by atoms with Gasteiger partial charge < -0.3 is 24.8 Å². The van der Waals surface area contributed by atoms with E-state index in [9.17, 15) is 0 Å². The summed E-state index contributed by atoms with van der Waals surface area (Å²) in [5.41, 5.74) is 3.00. The van der Waals surface area contributed by atoms with Gasteiger partial charge in [-0.05, 0) is 61.3 Å². The lowest BCUT2D eigenvalue weighted by atomic mass is 9.83. The lowest BCUT2D eigenvalue weighted by molar-refractivity contribution is 0.141. The lowest BCUT2D eigenvalue weighted by Crippen LogP contribution is -2.43. The van der Waals surface area contributed by atoms with E-state index in [2.05, 4.69) is 34.6 Å². The quantitative estimate of drug-likeness (QED) is 0.402. The molecule has 1 aromatic carbocycles. The molecule has 0 aromatic heterocycles. The highest BCUT2D eigenvalue weighted by atomic mass is 16.5. The van der Waals surface area contributed by atoms with E-state index >= 15 is 0 Å². The van der Waals surface area contributed by atoms with Crippen molar-refractivity contribution >= 4 is 5.96 Å². The molecular weight excluding hydrogens is 404 g/mol. The summed E-state index contributed by atoms with van der Waals surface area (Å²) in [4.78, 5) is 7.46. The smallest absolute Gasteiger partial charge is 0.191 e. The van der Waals surface area contributed by atoms with Crippen LogP contribution in [0.5, 0.6) is 11.5 Å². The summed E-state index contributed by atoms with van der Waals surface area (Å²) in [7, 11) is 5.19. The lowest BCUT2D eigenvalue weighted by Gasteiger charge is -2.30. The van der Waals surface area contributed by atoms with Crippen molar-refractivity contribution in [1.82, 2.24) is 15.5 Å². The summed E-state index contributed by atoms with van der Waals surface area (Å²) < 4.78 is 16.3. The van der Waals surface area contributed by atoms with Gasteiger partial charge in [-0.2, -0.15) is 0 Å². The van der Waals surface area contributed by atoms with E-state index in [1.165, 1.54) is 36.8 Å². The summed E-state index contributed by atoms with van der Waals surface area (Å²) in [5.74, 6) is 2.56. The third-order valence-corrected chi connectivity index (χ3v) is 6.94. The summed E-state index contributed by atoms with van der Waals surface area (Å²) in [6, 6.07) is 4.25. The number of nitrogens with zero attached hydrogens (tertiary/aromatic N) is 2. The summed E-state index contributed by atoms with van der Waals surface area (Å²) in [6.45, 7) is 8.54. The second-order valence-corrected chi connectivity index (χ2v) is 9.07. The third-order valence-electron chi connectivity index (χ3n) is 6.94. The molecule has 0 bridgehead atoms. The Morgan fingerprint density at radius 2 is 1.78 bits per heavy atom. The first-order valence-corrected chi connectivity index (χ1v) is 12.1. The highest BCUT2D eigenvalue weighted by molar-refractivity contribution is 5.79. The van der Waals surface area contributed by atoms with Crippen LogP contribution in [0.25, 0.3) is 0 Å². The minimum absolute atomic E-state index is 0.315. The Morgan fingerprint density at radius 3 is 2.44 bits per heavy atom. The first-order valence-electron chi connectivity index (χ1n) is 12.1. The van der Waals surface area contributed by atoms with Gasteiger partial charge >= 0.3 is 0 Å². The molecule has 32 heavy (non-hydrogen) atoms. The van der Waals surface area contributed by atoms with Crippen LogP contribution in [0.1, 0.15) is 50.2 Å². The number of methoxy groups -OCH3 is 3. The Hall–Kier alpha value is -1.99. The fourth-order valence-electron chi connectivity index (χ4n) is 4.98. The average molecular weight is 447 g/mol. The molecule has 2 aliphatic rings. The molecule has 1 aliphatic heterocycles. The van der Waals surface area contributed by atoms with Crippen molar-refractivity contribution in [2.45, 2.75) is 52.0 Å². The maximum atomic E-state index is 5.49. The van der Waals surface area contributed by atoms with Crippen LogP contribution >= 0.6 is 0 Å². The van der Waals surface area contributed by atoms with Crippen LogP contribution in [-0.4, -0.2) is 71.5 Å². The fourth-order valence-corrected chi connectivity index (χ4v) is 4.98. The molecule has 180 valence electrons. The molecule has 1 fully saturated rings. The van der Waals surface area contributed by atoms with E-state index in [0.29, 0.717) is 5.41 Å². The largest absolute Gasteiger partial charge is 0.493 e. The number of benzene rings is 1. The third kappa shape index (κ3) is 6.51. The number of hydrogen-bond acceptors (Lipinski definition) is 5. The molecular formula is C25H42N4O3. The second kappa shape index (κ2) is 12.3. The van der Waals surface area contributed by atoms with Gasteiger partial charge in [0.25, 0.3) is 0 Å². The van der Waals surface area contributed by atoms with Crippen LogP contribution < -0.4 is 20.1 Å². The van der Waals surface area contributed by atoms with Crippen molar-refractivity contribution < 1.29 is 14.2 Å². The molecule has 0 spiro atoms. The van der Waals surface area contributed by atoms with Gasteiger partial charge in [0.05, 0.1) is 14.2 Å². The molecule has 3 rings (SSSR count). The van der Waals surface area contributed by atoms with Crippen molar-refractivity contribution in [3.8, 4) is 11.5 Å². The molecule has 2 N–H and O–H groups in total. The zero-order valence-corrected chi connectivity index (χ0v) is 20.5. The normalized spacial score (nSPS) is 18.3. The monoisotopic (exact) mass is 446 g/mol. The molecule has 7 nitrogen and oxygen atoms in total. The Bertz CT molecular complexity index is 747. The molecule has 7 heteroatoms. The molecule has 0 radical (unpaired) electrons. The number of guanidine groups is 1. The van der Waals surface area contributed by atoms with Crippen LogP contribution in [0.3, 0.4) is 0 Å².